The fourth-order valence-corrected chi connectivity index (χ4v) is 4.26. The van der Waals surface area contributed by atoms with E-state index in [9.17, 15) is 4.79 Å². The molecule has 140 valence electrons. The Balaban J connectivity index is 1.51. The number of methoxy groups -OCH3 is 1. The first-order valence-corrected chi connectivity index (χ1v) is 9.44. The molecule has 1 N–H and O–H groups in total. The molecule has 2 saturated heterocycles. The molecule has 2 aliphatic heterocycles. The van der Waals surface area contributed by atoms with E-state index in [0.29, 0.717) is 32.5 Å². The summed E-state index contributed by atoms with van der Waals surface area (Å²) in [5, 5.41) is 1.09. The summed E-state index contributed by atoms with van der Waals surface area (Å²) in [4.78, 5) is 19.7. The van der Waals surface area contributed by atoms with E-state index in [1.807, 2.05) is 24.4 Å². The zero-order chi connectivity index (χ0) is 18.1. The maximum Gasteiger partial charge on any atom is 0.261 e. The van der Waals surface area contributed by atoms with Crippen molar-refractivity contribution in [3.8, 4) is 5.75 Å². The second-order valence-electron chi connectivity index (χ2n) is 7.50. The minimum atomic E-state index is -1.74. The van der Waals surface area contributed by atoms with Gasteiger partial charge in [0.15, 0.2) is 0 Å². The number of alkyl halides is 1. The van der Waals surface area contributed by atoms with Crippen LogP contribution in [-0.2, 0) is 11.3 Å². The molecule has 5 nitrogen and oxygen atoms in total. The summed E-state index contributed by atoms with van der Waals surface area (Å²) in [6.07, 6.45) is 4.99. The summed E-state index contributed by atoms with van der Waals surface area (Å²) in [5.74, 6) is 0.501. The van der Waals surface area contributed by atoms with Crippen LogP contribution in [0.1, 0.15) is 31.2 Å². The lowest BCUT2D eigenvalue weighted by Gasteiger charge is -2.38. The fourth-order valence-electron chi connectivity index (χ4n) is 4.26. The Morgan fingerprint density at radius 3 is 2.85 bits per heavy atom. The fraction of sp³-hybridized carbons (Fsp3) is 0.550. The van der Waals surface area contributed by atoms with Crippen molar-refractivity contribution in [3.05, 3.63) is 30.0 Å². The number of likely N-dealkylation sites (tertiary alicyclic amines) is 2. The molecule has 2 aromatic rings. The second-order valence-corrected chi connectivity index (χ2v) is 7.50. The molecule has 0 aliphatic carbocycles. The van der Waals surface area contributed by atoms with Gasteiger partial charge in [-0.1, -0.05) is 0 Å². The van der Waals surface area contributed by atoms with Gasteiger partial charge in [0.05, 0.1) is 7.11 Å². The highest BCUT2D eigenvalue weighted by molar-refractivity contribution is 5.86. The van der Waals surface area contributed by atoms with Crippen LogP contribution in [0.25, 0.3) is 10.9 Å². The van der Waals surface area contributed by atoms with Gasteiger partial charge >= 0.3 is 0 Å². The van der Waals surface area contributed by atoms with E-state index < -0.39 is 5.67 Å². The molecule has 2 aliphatic rings. The molecule has 1 aromatic carbocycles. The van der Waals surface area contributed by atoms with E-state index in [2.05, 4.69) is 9.88 Å². The maximum atomic E-state index is 15.5. The minimum Gasteiger partial charge on any atom is -0.497 e. The number of aromatic nitrogens is 1. The third-order valence-electron chi connectivity index (χ3n) is 5.67. The molecule has 1 atom stereocenters. The Hall–Kier alpha value is -2.08. The van der Waals surface area contributed by atoms with Gasteiger partial charge in [-0.25, -0.2) is 4.39 Å². The number of hydrogen-bond acceptors (Lipinski definition) is 3. The molecule has 2 fully saturated rings. The Morgan fingerprint density at radius 1 is 1.27 bits per heavy atom. The number of nitrogens with zero attached hydrogens (tertiary/aromatic N) is 2. The molecule has 4 rings (SSSR count). The average molecular weight is 359 g/mol. The molecule has 1 amide bonds. The average Bonchev–Trinajstić information content (AvgIpc) is 3.31. The third kappa shape index (κ3) is 3.18. The van der Waals surface area contributed by atoms with Crippen LogP contribution in [0.15, 0.2) is 24.4 Å². The van der Waals surface area contributed by atoms with Gasteiger partial charge in [-0.05, 0) is 56.0 Å². The minimum absolute atomic E-state index is 0.180. The maximum absolute atomic E-state index is 15.5. The van der Waals surface area contributed by atoms with Crippen LogP contribution in [-0.4, -0.2) is 59.6 Å². The van der Waals surface area contributed by atoms with E-state index in [-0.39, 0.29) is 12.5 Å². The van der Waals surface area contributed by atoms with E-state index in [1.165, 1.54) is 0 Å². The zero-order valence-electron chi connectivity index (χ0n) is 15.3. The van der Waals surface area contributed by atoms with Crippen LogP contribution in [0.5, 0.6) is 5.75 Å². The summed E-state index contributed by atoms with van der Waals surface area (Å²) in [7, 11) is 1.65. The van der Waals surface area contributed by atoms with E-state index >= 15 is 4.39 Å². The van der Waals surface area contributed by atoms with Crippen LogP contribution in [0.2, 0.25) is 0 Å². The Bertz CT molecular complexity index is 799. The normalized spacial score (nSPS) is 24.3. The SMILES string of the molecule is COc1ccc2[nH]cc(CN3CCCC(F)(C(=O)N4CCCC4)C3)c2c1. The number of amides is 1. The summed E-state index contributed by atoms with van der Waals surface area (Å²) >= 11 is 0. The quantitative estimate of drug-likeness (QED) is 0.913. The van der Waals surface area contributed by atoms with Crippen molar-refractivity contribution in [2.45, 2.75) is 37.9 Å². The number of fused-ring (bicyclic) bond motifs is 1. The van der Waals surface area contributed by atoms with Crippen molar-refractivity contribution in [1.29, 1.82) is 0 Å². The number of carbonyl (C=O) groups is 1. The molecule has 3 heterocycles. The number of aromatic amines is 1. The molecule has 26 heavy (non-hydrogen) atoms. The second kappa shape index (κ2) is 6.91. The smallest absolute Gasteiger partial charge is 0.261 e. The monoisotopic (exact) mass is 359 g/mol. The Morgan fingerprint density at radius 2 is 2.08 bits per heavy atom. The van der Waals surface area contributed by atoms with Crippen molar-refractivity contribution in [2.75, 3.05) is 33.3 Å². The summed E-state index contributed by atoms with van der Waals surface area (Å²) < 4.78 is 20.8. The van der Waals surface area contributed by atoms with Gasteiger partial charge < -0.3 is 14.6 Å². The molecule has 6 heteroatoms. The van der Waals surface area contributed by atoms with Gasteiger partial charge in [-0.3, -0.25) is 9.69 Å². The highest BCUT2D eigenvalue weighted by Crippen LogP contribution is 2.31. The number of piperidine rings is 1. The number of rotatable bonds is 4. The van der Waals surface area contributed by atoms with Crippen molar-refractivity contribution in [2.24, 2.45) is 0 Å². The van der Waals surface area contributed by atoms with Gasteiger partial charge in [-0.15, -0.1) is 0 Å². The number of carbonyl (C=O) groups excluding carboxylic acids is 1. The zero-order valence-corrected chi connectivity index (χ0v) is 15.3. The largest absolute Gasteiger partial charge is 0.497 e. The molecule has 0 bridgehead atoms. The highest BCUT2D eigenvalue weighted by atomic mass is 19.1. The standard InChI is InChI=1S/C20H26FN3O2/c1-26-16-5-6-18-17(11-16)15(12-22-18)13-23-8-4-7-20(21,14-23)19(25)24-9-2-3-10-24/h5-6,11-12,22H,2-4,7-10,13-14H2,1H3. The Kier molecular flexibility index (Phi) is 4.61. The lowest BCUT2D eigenvalue weighted by molar-refractivity contribution is -0.147. The number of H-pyrrole nitrogens is 1. The number of halogens is 1. The summed E-state index contributed by atoms with van der Waals surface area (Å²) in [5.41, 5.74) is 0.404. The summed E-state index contributed by atoms with van der Waals surface area (Å²) in [6.45, 7) is 3.03. The van der Waals surface area contributed by atoms with E-state index in [0.717, 1.165) is 41.6 Å². The van der Waals surface area contributed by atoms with Crippen LogP contribution in [0.3, 0.4) is 0 Å². The molecular formula is C20H26FN3O2. The van der Waals surface area contributed by atoms with Crippen molar-refractivity contribution < 1.29 is 13.9 Å². The lowest BCUT2D eigenvalue weighted by Crippen LogP contribution is -2.54. The van der Waals surface area contributed by atoms with E-state index in [1.54, 1.807) is 12.0 Å². The predicted molar refractivity (Wildman–Crippen MR) is 99.0 cm³/mol. The molecule has 0 radical (unpaired) electrons. The van der Waals surface area contributed by atoms with Crippen LogP contribution in [0, 0.1) is 0 Å². The number of ether oxygens (including phenoxy) is 1. The molecule has 1 aromatic heterocycles. The van der Waals surface area contributed by atoms with Gasteiger partial charge in [0.25, 0.3) is 5.91 Å². The number of hydrogen-bond donors (Lipinski definition) is 1. The van der Waals surface area contributed by atoms with Crippen molar-refractivity contribution in [3.63, 3.8) is 0 Å². The molecular weight excluding hydrogens is 333 g/mol. The van der Waals surface area contributed by atoms with Crippen LogP contribution in [0.4, 0.5) is 4.39 Å². The summed E-state index contributed by atoms with van der Waals surface area (Å²) in [6, 6.07) is 5.91. The van der Waals surface area contributed by atoms with Gasteiger partial charge in [-0.2, -0.15) is 0 Å². The van der Waals surface area contributed by atoms with E-state index in [4.69, 9.17) is 4.74 Å². The Labute approximate surface area is 153 Å². The van der Waals surface area contributed by atoms with Gasteiger partial charge in [0.2, 0.25) is 5.67 Å². The van der Waals surface area contributed by atoms with Crippen LogP contribution < -0.4 is 4.74 Å². The molecule has 0 spiro atoms. The topological polar surface area (TPSA) is 48.6 Å². The molecule has 0 saturated carbocycles. The first kappa shape index (κ1) is 17.3. The number of nitrogens with one attached hydrogen (secondary N) is 1. The lowest BCUT2D eigenvalue weighted by atomic mass is 9.92. The molecule has 1 unspecified atom stereocenters. The van der Waals surface area contributed by atoms with Gasteiger partial charge in [0, 0.05) is 43.3 Å². The van der Waals surface area contributed by atoms with Crippen LogP contribution >= 0.6 is 0 Å². The predicted octanol–water partition coefficient (Wildman–Crippen LogP) is 3.10. The first-order chi connectivity index (χ1) is 12.6. The third-order valence-corrected chi connectivity index (χ3v) is 5.67. The first-order valence-electron chi connectivity index (χ1n) is 9.44. The highest BCUT2D eigenvalue weighted by Gasteiger charge is 2.45. The van der Waals surface area contributed by atoms with Crippen molar-refractivity contribution in [1.82, 2.24) is 14.8 Å². The number of benzene rings is 1. The van der Waals surface area contributed by atoms with Gasteiger partial charge in [0.1, 0.15) is 5.75 Å². The van der Waals surface area contributed by atoms with Crippen molar-refractivity contribution >= 4 is 16.8 Å².